The molecule has 0 bridgehead atoms. The lowest BCUT2D eigenvalue weighted by Crippen LogP contribution is -2.48. The van der Waals surface area contributed by atoms with Crippen molar-refractivity contribution in [3.8, 4) is 0 Å². The Morgan fingerprint density at radius 1 is 0.967 bits per heavy atom. The molecule has 1 atom stereocenters. The Hall–Kier alpha value is -2.57. The average molecular weight is 427 g/mol. The van der Waals surface area contributed by atoms with Crippen LogP contribution < -0.4 is 15.1 Å². The second-order valence-electron chi connectivity index (χ2n) is 7.84. The molecular weight excluding hydrogens is 400 g/mol. The van der Waals surface area contributed by atoms with Gasteiger partial charge in [0.15, 0.2) is 0 Å². The van der Waals surface area contributed by atoms with E-state index in [0.29, 0.717) is 13.1 Å². The number of nitrogens with one attached hydrogen (secondary N) is 1. The molecule has 0 aromatic heterocycles. The molecule has 2 aliphatic rings. The highest BCUT2D eigenvalue weighted by molar-refractivity contribution is 6.30. The van der Waals surface area contributed by atoms with Crippen molar-refractivity contribution in [3.63, 3.8) is 0 Å². The number of nitrogens with zero attached hydrogens (tertiary/aromatic N) is 3. The van der Waals surface area contributed by atoms with Crippen molar-refractivity contribution in [2.75, 3.05) is 55.6 Å². The molecule has 0 radical (unpaired) electrons. The summed E-state index contributed by atoms with van der Waals surface area (Å²) in [6, 6.07) is 17.5. The highest BCUT2D eigenvalue weighted by Gasteiger charge is 2.34. The molecule has 2 aromatic carbocycles. The Morgan fingerprint density at radius 2 is 1.67 bits per heavy atom. The van der Waals surface area contributed by atoms with E-state index in [0.717, 1.165) is 43.4 Å². The van der Waals surface area contributed by atoms with E-state index in [4.69, 9.17) is 11.6 Å². The number of piperazine rings is 1. The van der Waals surface area contributed by atoms with Crippen LogP contribution in [-0.4, -0.2) is 62.5 Å². The van der Waals surface area contributed by atoms with Crippen molar-refractivity contribution in [3.05, 3.63) is 59.6 Å². The number of halogens is 1. The van der Waals surface area contributed by atoms with Crippen LogP contribution in [-0.2, 0) is 9.59 Å². The fraction of sp³-hybridized carbons (Fsp3) is 0.391. The molecule has 2 heterocycles. The molecule has 2 fully saturated rings. The molecule has 2 amide bonds. The number of hydrogen-bond donors (Lipinski definition) is 1. The molecule has 4 rings (SSSR count). The maximum atomic E-state index is 12.5. The zero-order valence-electron chi connectivity index (χ0n) is 17.0. The third kappa shape index (κ3) is 4.94. The van der Waals surface area contributed by atoms with Crippen LogP contribution in [0.15, 0.2) is 54.6 Å². The summed E-state index contributed by atoms with van der Waals surface area (Å²) in [6.45, 7) is 5.72. The van der Waals surface area contributed by atoms with Gasteiger partial charge in [0.1, 0.15) is 0 Å². The first-order valence-corrected chi connectivity index (χ1v) is 10.8. The summed E-state index contributed by atoms with van der Waals surface area (Å²) in [5.74, 6) is -0.291. The van der Waals surface area contributed by atoms with Gasteiger partial charge in [-0.15, -0.1) is 0 Å². The molecule has 30 heavy (non-hydrogen) atoms. The Bertz CT molecular complexity index is 867. The fourth-order valence-electron chi connectivity index (χ4n) is 4.10. The predicted octanol–water partition coefficient (Wildman–Crippen LogP) is 2.63. The lowest BCUT2D eigenvalue weighted by atomic mass is 10.1. The summed E-state index contributed by atoms with van der Waals surface area (Å²) in [4.78, 5) is 31.3. The Kier molecular flexibility index (Phi) is 6.55. The lowest BCUT2D eigenvalue weighted by molar-refractivity contribution is -0.126. The first-order chi connectivity index (χ1) is 14.6. The maximum absolute atomic E-state index is 12.5. The molecule has 2 aromatic rings. The van der Waals surface area contributed by atoms with Gasteiger partial charge in [0, 0.05) is 68.6 Å². The van der Waals surface area contributed by atoms with Crippen LogP contribution in [0.1, 0.15) is 6.42 Å². The molecule has 0 saturated carbocycles. The molecule has 1 N–H and O–H groups in total. The zero-order chi connectivity index (χ0) is 20.9. The van der Waals surface area contributed by atoms with Gasteiger partial charge in [0.2, 0.25) is 11.8 Å². The van der Waals surface area contributed by atoms with E-state index in [-0.39, 0.29) is 24.2 Å². The van der Waals surface area contributed by atoms with E-state index in [1.54, 1.807) is 4.90 Å². The van der Waals surface area contributed by atoms with Gasteiger partial charge in [-0.3, -0.25) is 14.5 Å². The van der Waals surface area contributed by atoms with Crippen LogP contribution in [0.3, 0.4) is 0 Å². The molecule has 7 heteroatoms. The standard InChI is InChI=1S/C23H27ClN4O2/c24-19-6-8-20(9-7-19)27-14-12-26(13-15-27)11-10-25-23(30)18-16-22(29)28(17-18)21-4-2-1-3-5-21/h1-9,18H,10-17H2,(H,25,30)/t18-/m0/s1. The third-order valence-corrected chi connectivity index (χ3v) is 6.11. The number of para-hydroxylation sites is 1. The van der Waals surface area contributed by atoms with Crippen LogP contribution in [0.4, 0.5) is 11.4 Å². The molecule has 0 spiro atoms. The van der Waals surface area contributed by atoms with Gasteiger partial charge in [0.05, 0.1) is 5.92 Å². The summed E-state index contributed by atoms with van der Waals surface area (Å²) in [5.41, 5.74) is 2.05. The van der Waals surface area contributed by atoms with Crippen LogP contribution in [0, 0.1) is 5.92 Å². The lowest BCUT2D eigenvalue weighted by Gasteiger charge is -2.36. The van der Waals surface area contributed by atoms with Crippen molar-refractivity contribution in [1.29, 1.82) is 0 Å². The molecule has 6 nitrogen and oxygen atoms in total. The van der Waals surface area contributed by atoms with Crippen LogP contribution in [0.2, 0.25) is 5.02 Å². The maximum Gasteiger partial charge on any atom is 0.227 e. The summed E-state index contributed by atoms with van der Waals surface area (Å²) < 4.78 is 0. The number of hydrogen-bond acceptors (Lipinski definition) is 4. The van der Waals surface area contributed by atoms with Crippen molar-refractivity contribution in [2.45, 2.75) is 6.42 Å². The monoisotopic (exact) mass is 426 g/mol. The summed E-state index contributed by atoms with van der Waals surface area (Å²) in [6.07, 6.45) is 0.278. The van der Waals surface area contributed by atoms with Gasteiger partial charge in [-0.1, -0.05) is 29.8 Å². The molecule has 2 aliphatic heterocycles. The normalized spacial score (nSPS) is 19.9. The number of carbonyl (C=O) groups is 2. The highest BCUT2D eigenvalue weighted by atomic mass is 35.5. The minimum atomic E-state index is -0.278. The van der Waals surface area contributed by atoms with Crippen LogP contribution >= 0.6 is 11.6 Å². The number of benzene rings is 2. The first kappa shape index (κ1) is 20.7. The number of rotatable bonds is 6. The summed E-state index contributed by atoms with van der Waals surface area (Å²) in [7, 11) is 0. The van der Waals surface area contributed by atoms with Crippen molar-refractivity contribution in [1.82, 2.24) is 10.2 Å². The SMILES string of the molecule is O=C(NCCN1CCN(c2ccc(Cl)cc2)CC1)[C@H]1CC(=O)N(c2ccccc2)C1. The van der Waals surface area contributed by atoms with Gasteiger partial charge < -0.3 is 15.1 Å². The van der Waals surface area contributed by atoms with E-state index in [1.165, 1.54) is 5.69 Å². The second kappa shape index (κ2) is 9.49. The molecule has 2 saturated heterocycles. The topological polar surface area (TPSA) is 55.9 Å². The third-order valence-electron chi connectivity index (χ3n) is 5.86. The average Bonchev–Trinajstić information content (AvgIpc) is 3.17. The van der Waals surface area contributed by atoms with E-state index in [9.17, 15) is 9.59 Å². The van der Waals surface area contributed by atoms with Crippen LogP contribution in [0.25, 0.3) is 0 Å². The smallest absolute Gasteiger partial charge is 0.227 e. The molecule has 158 valence electrons. The quantitative estimate of drug-likeness (QED) is 0.771. The fourth-order valence-corrected chi connectivity index (χ4v) is 4.23. The predicted molar refractivity (Wildman–Crippen MR) is 120 cm³/mol. The van der Waals surface area contributed by atoms with Gasteiger partial charge in [0.25, 0.3) is 0 Å². The molecule has 0 aliphatic carbocycles. The number of amides is 2. The second-order valence-corrected chi connectivity index (χ2v) is 8.27. The van der Waals surface area contributed by atoms with Crippen molar-refractivity contribution in [2.24, 2.45) is 5.92 Å². The van der Waals surface area contributed by atoms with Crippen LogP contribution in [0.5, 0.6) is 0 Å². The Balaban J connectivity index is 1.18. The minimum absolute atomic E-state index is 0.0136. The van der Waals surface area contributed by atoms with E-state index in [2.05, 4.69) is 27.2 Å². The zero-order valence-corrected chi connectivity index (χ0v) is 17.7. The van der Waals surface area contributed by atoms with E-state index in [1.807, 2.05) is 42.5 Å². The minimum Gasteiger partial charge on any atom is -0.369 e. The number of carbonyl (C=O) groups excluding carboxylic acids is 2. The summed E-state index contributed by atoms with van der Waals surface area (Å²) >= 11 is 5.97. The highest BCUT2D eigenvalue weighted by Crippen LogP contribution is 2.25. The Labute approximate surface area is 182 Å². The van der Waals surface area contributed by atoms with E-state index < -0.39 is 0 Å². The van der Waals surface area contributed by atoms with E-state index >= 15 is 0 Å². The Morgan fingerprint density at radius 3 is 2.37 bits per heavy atom. The van der Waals surface area contributed by atoms with Gasteiger partial charge in [-0.2, -0.15) is 0 Å². The van der Waals surface area contributed by atoms with Crippen molar-refractivity contribution >= 4 is 34.8 Å². The van der Waals surface area contributed by atoms with Gasteiger partial charge in [-0.05, 0) is 36.4 Å². The number of anilines is 2. The van der Waals surface area contributed by atoms with Gasteiger partial charge in [-0.25, -0.2) is 0 Å². The molecule has 0 unspecified atom stereocenters. The summed E-state index contributed by atoms with van der Waals surface area (Å²) in [5, 5.41) is 3.78. The van der Waals surface area contributed by atoms with Crippen molar-refractivity contribution < 1.29 is 9.59 Å². The largest absolute Gasteiger partial charge is 0.369 e. The molecular formula is C23H27ClN4O2. The van der Waals surface area contributed by atoms with Gasteiger partial charge >= 0.3 is 0 Å². The first-order valence-electron chi connectivity index (χ1n) is 10.5.